The number of phenols is 1. The largest absolute Gasteiger partial charge is 0.508 e. The van der Waals surface area contributed by atoms with Gasteiger partial charge in [-0.05, 0) is 24.1 Å². The minimum absolute atomic E-state index is 0.0226. The van der Waals surface area contributed by atoms with Gasteiger partial charge in [-0.1, -0.05) is 26.0 Å². The summed E-state index contributed by atoms with van der Waals surface area (Å²) in [7, 11) is 0. The molecule has 1 saturated carbocycles. The predicted octanol–water partition coefficient (Wildman–Crippen LogP) is 1.18. The minimum Gasteiger partial charge on any atom is -0.508 e. The molecule has 18 heavy (non-hydrogen) atoms. The van der Waals surface area contributed by atoms with Gasteiger partial charge in [0.05, 0.1) is 6.42 Å². The number of rotatable bonds is 3. The van der Waals surface area contributed by atoms with Crippen molar-refractivity contribution in [3.05, 3.63) is 29.8 Å². The number of amides is 1. The van der Waals surface area contributed by atoms with Crippen molar-refractivity contribution in [1.82, 2.24) is 5.32 Å². The van der Waals surface area contributed by atoms with Crippen molar-refractivity contribution in [2.45, 2.75) is 38.8 Å². The Bertz CT molecular complexity index is 457. The molecule has 1 aromatic rings. The lowest BCUT2D eigenvalue weighted by Gasteiger charge is -2.50. The molecule has 0 bridgehead atoms. The van der Waals surface area contributed by atoms with Gasteiger partial charge in [0.25, 0.3) is 0 Å². The Balaban J connectivity index is 1.90. The number of nitrogens with one attached hydrogen (secondary N) is 1. The topological polar surface area (TPSA) is 75.3 Å². The maximum Gasteiger partial charge on any atom is 0.224 e. The van der Waals surface area contributed by atoms with Gasteiger partial charge in [0, 0.05) is 17.5 Å². The van der Waals surface area contributed by atoms with E-state index in [1.165, 1.54) is 0 Å². The Labute approximate surface area is 107 Å². The first kappa shape index (κ1) is 12.9. The second-order valence-corrected chi connectivity index (χ2v) is 5.63. The van der Waals surface area contributed by atoms with Crippen LogP contribution in [0, 0.1) is 5.41 Å². The summed E-state index contributed by atoms with van der Waals surface area (Å²) < 4.78 is 0. The molecule has 1 aliphatic rings. The molecule has 0 radical (unpaired) electrons. The molecule has 4 nitrogen and oxygen atoms in total. The van der Waals surface area contributed by atoms with E-state index in [1.54, 1.807) is 18.2 Å². The molecule has 1 aromatic carbocycles. The number of phenolic OH excluding ortho intramolecular Hbond substituents is 1. The molecule has 1 amide bonds. The van der Waals surface area contributed by atoms with Gasteiger partial charge in [-0.3, -0.25) is 4.79 Å². The number of carbonyl (C=O) groups excluding carboxylic acids is 1. The van der Waals surface area contributed by atoms with E-state index in [0.29, 0.717) is 0 Å². The normalized spacial score (nSPS) is 25.3. The summed E-state index contributed by atoms with van der Waals surface area (Å²) in [6.45, 7) is 4.14. The first-order valence-electron chi connectivity index (χ1n) is 6.22. The maximum absolute atomic E-state index is 11.9. The number of hydrogen-bond donors (Lipinski definition) is 3. The van der Waals surface area contributed by atoms with E-state index in [2.05, 4.69) is 19.2 Å². The van der Waals surface area contributed by atoms with E-state index >= 15 is 0 Å². The Morgan fingerprint density at radius 3 is 2.83 bits per heavy atom. The number of aromatic hydroxyl groups is 1. The zero-order valence-electron chi connectivity index (χ0n) is 10.8. The Hall–Kier alpha value is -1.55. The number of hydrogen-bond acceptors (Lipinski definition) is 3. The van der Waals surface area contributed by atoms with Crippen LogP contribution in [0.2, 0.25) is 0 Å². The molecule has 4 N–H and O–H groups in total. The van der Waals surface area contributed by atoms with Gasteiger partial charge in [0.15, 0.2) is 0 Å². The Kier molecular flexibility index (Phi) is 3.30. The summed E-state index contributed by atoms with van der Waals surface area (Å²) in [6, 6.07) is 7.08. The van der Waals surface area contributed by atoms with Crippen molar-refractivity contribution in [1.29, 1.82) is 0 Å². The standard InChI is InChI=1S/C14H20N2O2/c1-14(2)11(15)8-12(14)16-13(18)7-9-4-3-5-10(17)6-9/h3-6,11-12,17H,7-8,15H2,1-2H3,(H,16,18). The average Bonchev–Trinajstić information content (AvgIpc) is 2.28. The summed E-state index contributed by atoms with van der Waals surface area (Å²) in [5.41, 5.74) is 6.69. The van der Waals surface area contributed by atoms with E-state index in [4.69, 9.17) is 5.73 Å². The van der Waals surface area contributed by atoms with Gasteiger partial charge in [0.2, 0.25) is 5.91 Å². The predicted molar refractivity (Wildman–Crippen MR) is 70.1 cm³/mol. The minimum atomic E-state index is -0.0332. The summed E-state index contributed by atoms with van der Waals surface area (Å²) in [5.74, 6) is 0.164. The molecule has 1 fully saturated rings. The smallest absolute Gasteiger partial charge is 0.224 e. The molecule has 0 saturated heterocycles. The van der Waals surface area contributed by atoms with Gasteiger partial charge < -0.3 is 16.2 Å². The molecule has 0 heterocycles. The second-order valence-electron chi connectivity index (χ2n) is 5.63. The monoisotopic (exact) mass is 248 g/mol. The third kappa shape index (κ3) is 2.48. The third-order valence-corrected chi connectivity index (χ3v) is 3.95. The van der Waals surface area contributed by atoms with E-state index in [0.717, 1.165) is 12.0 Å². The van der Waals surface area contributed by atoms with E-state index in [1.807, 2.05) is 6.07 Å². The molecule has 0 aromatic heterocycles. The van der Waals surface area contributed by atoms with Gasteiger partial charge >= 0.3 is 0 Å². The highest BCUT2D eigenvalue weighted by Gasteiger charge is 2.46. The number of nitrogens with two attached hydrogens (primary N) is 1. The second kappa shape index (κ2) is 4.61. The summed E-state index contributed by atoms with van der Waals surface area (Å²) in [5, 5.41) is 12.3. The van der Waals surface area contributed by atoms with Crippen LogP contribution in [-0.2, 0) is 11.2 Å². The first-order valence-corrected chi connectivity index (χ1v) is 6.22. The van der Waals surface area contributed by atoms with Gasteiger partial charge in [-0.15, -0.1) is 0 Å². The van der Waals surface area contributed by atoms with Crippen LogP contribution in [0.15, 0.2) is 24.3 Å². The van der Waals surface area contributed by atoms with Crippen LogP contribution < -0.4 is 11.1 Å². The summed E-state index contributed by atoms with van der Waals surface area (Å²) >= 11 is 0. The molecular formula is C14H20N2O2. The quantitative estimate of drug-likeness (QED) is 0.751. The van der Waals surface area contributed by atoms with Crippen molar-refractivity contribution in [2.24, 2.45) is 11.1 Å². The van der Waals surface area contributed by atoms with Crippen LogP contribution in [0.25, 0.3) is 0 Å². The molecule has 2 unspecified atom stereocenters. The van der Waals surface area contributed by atoms with Crippen LogP contribution in [0.5, 0.6) is 5.75 Å². The Morgan fingerprint density at radius 2 is 2.28 bits per heavy atom. The fraction of sp³-hybridized carbons (Fsp3) is 0.500. The van der Waals surface area contributed by atoms with E-state index in [-0.39, 0.29) is 35.6 Å². The van der Waals surface area contributed by atoms with Crippen molar-refractivity contribution >= 4 is 5.91 Å². The SMILES string of the molecule is CC1(C)C(N)CC1NC(=O)Cc1cccc(O)c1. The molecule has 2 atom stereocenters. The van der Waals surface area contributed by atoms with Crippen LogP contribution in [0.3, 0.4) is 0 Å². The lowest BCUT2D eigenvalue weighted by molar-refractivity contribution is -0.123. The fourth-order valence-corrected chi connectivity index (χ4v) is 2.30. The van der Waals surface area contributed by atoms with E-state index < -0.39 is 0 Å². The molecule has 98 valence electrons. The number of benzene rings is 1. The molecule has 4 heteroatoms. The van der Waals surface area contributed by atoms with Crippen LogP contribution in [0.1, 0.15) is 25.8 Å². The third-order valence-electron chi connectivity index (χ3n) is 3.95. The highest BCUT2D eigenvalue weighted by atomic mass is 16.3. The lowest BCUT2D eigenvalue weighted by Crippen LogP contribution is -2.64. The summed E-state index contributed by atoms with van der Waals surface area (Å²) in [4.78, 5) is 11.9. The molecular weight excluding hydrogens is 228 g/mol. The van der Waals surface area contributed by atoms with Crippen LogP contribution in [-0.4, -0.2) is 23.1 Å². The summed E-state index contributed by atoms with van der Waals surface area (Å²) in [6.07, 6.45) is 1.12. The zero-order chi connectivity index (χ0) is 13.3. The highest BCUT2D eigenvalue weighted by Crippen LogP contribution is 2.38. The van der Waals surface area contributed by atoms with E-state index in [9.17, 15) is 9.90 Å². The maximum atomic E-state index is 11.9. The average molecular weight is 248 g/mol. The first-order chi connectivity index (χ1) is 8.39. The number of carbonyl (C=O) groups is 1. The van der Waals surface area contributed by atoms with Crippen molar-refractivity contribution in [2.75, 3.05) is 0 Å². The van der Waals surface area contributed by atoms with Gasteiger partial charge in [0.1, 0.15) is 5.75 Å². The molecule has 0 spiro atoms. The van der Waals surface area contributed by atoms with Crippen LogP contribution in [0.4, 0.5) is 0 Å². The zero-order valence-corrected chi connectivity index (χ0v) is 10.8. The lowest BCUT2D eigenvalue weighted by atomic mass is 9.63. The molecule has 2 rings (SSSR count). The fourth-order valence-electron chi connectivity index (χ4n) is 2.30. The molecule has 1 aliphatic carbocycles. The molecule has 0 aliphatic heterocycles. The highest BCUT2D eigenvalue weighted by molar-refractivity contribution is 5.79. The van der Waals surface area contributed by atoms with Crippen molar-refractivity contribution in [3.8, 4) is 5.75 Å². The van der Waals surface area contributed by atoms with Gasteiger partial charge in [-0.25, -0.2) is 0 Å². The van der Waals surface area contributed by atoms with Crippen LogP contribution >= 0.6 is 0 Å². The van der Waals surface area contributed by atoms with Gasteiger partial charge in [-0.2, -0.15) is 0 Å². The van der Waals surface area contributed by atoms with Crippen molar-refractivity contribution < 1.29 is 9.90 Å². The van der Waals surface area contributed by atoms with Crippen molar-refractivity contribution in [3.63, 3.8) is 0 Å². The Morgan fingerprint density at radius 1 is 1.56 bits per heavy atom.